The van der Waals surface area contributed by atoms with Crippen LogP contribution >= 0.6 is 0 Å². The quantitative estimate of drug-likeness (QED) is 0.542. The number of rotatable bonds is 6. The Labute approximate surface area is 144 Å². The molecule has 0 radical (unpaired) electrons. The summed E-state index contributed by atoms with van der Waals surface area (Å²) in [5.74, 6) is 0.633. The lowest BCUT2D eigenvalue weighted by Gasteiger charge is -2.09. The Morgan fingerprint density at radius 1 is 1.08 bits per heavy atom. The Kier molecular flexibility index (Phi) is 4.58. The van der Waals surface area contributed by atoms with Crippen molar-refractivity contribution in [2.45, 2.75) is 6.61 Å². The minimum Gasteiger partial charge on any atom is -0.496 e. The fraction of sp³-hybridized carbons (Fsp3) is 0.222. The molecule has 0 spiro atoms. The predicted molar refractivity (Wildman–Crippen MR) is 94.2 cm³/mol. The number of nitrogens with zero attached hydrogens (tertiary/aromatic N) is 1. The Balaban J connectivity index is 2.47. The molecule has 1 aromatic heterocycles. The van der Waals surface area contributed by atoms with Crippen LogP contribution in [-0.2, 0) is 11.3 Å². The molecule has 0 aliphatic heterocycles. The van der Waals surface area contributed by atoms with Gasteiger partial charge in [0, 0.05) is 18.7 Å². The molecule has 1 N–H and O–H groups in total. The first kappa shape index (κ1) is 16.8. The molecule has 0 bridgehead atoms. The zero-order valence-electron chi connectivity index (χ0n) is 14.2. The van der Waals surface area contributed by atoms with Crippen molar-refractivity contribution in [3.05, 3.63) is 52.2 Å². The number of hydrogen-bond donors (Lipinski definition) is 1. The van der Waals surface area contributed by atoms with E-state index in [0.29, 0.717) is 16.7 Å². The second-order valence-electron chi connectivity index (χ2n) is 5.41. The minimum atomic E-state index is -0.456. The first-order chi connectivity index (χ1) is 12.1. The summed E-state index contributed by atoms with van der Waals surface area (Å²) in [6.45, 7) is 0.279. The second-order valence-corrected chi connectivity index (χ2v) is 5.41. The highest BCUT2D eigenvalue weighted by Crippen LogP contribution is 2.46. The molecule has 0 aliphatic rings. The zero-order valence-corrected chi connectivity index (χ0v) is 14.2. The summed E-state index contributed by atoms with van der Waals surface area (Å²) in [5, 5.41) is 12.3. The second kappa shape index (κ2) is 6.82. The van der Waals surface area contributed by atoms with Crippen LogP contribution in [0.5, 0.6) is 11.5 Å². The van der Waals surface area contributed by atoms with Gasteiger partial charge in [0.15, 0.2) is 0 Å². The summed E-state index contributed by atoms with van der Waals surface area (Å²) < 4.78 is 16.0. The van der Waals surface area contributed by atoms with Crippen LogP contribution in [0.2, 0.25) is 0 Å². The van der Waals surface area contributed by atoms with E-state index in [-0.39, 0.29) is 18.0 Å². The lowest BCUT2D eigenvalue weighted by Crippen LogP contribution is -1.97. The van der Waals surface area contributed by atoms with Crippen LogP contribution in [0.25, 0.3) is 22.0 Å². The van der Waals surface area contributed by atoms with E-state index in [1.54, 1.807) is 7.11 Å². The normalized spacial score (nSPS) is 10.8. The van der Waals surface area contributed by atoms with Gasteiger partial charge in [-0.15, -0.1) is 0 Å². The summed E-state index contributed by atoms with van der Waals surface area (Å²) in [4.78, 5) is 14.3. The largest absolute Gasteiger partial charge is 0.496 e. The van der Waals surface area contributed by atoms with Crippen molar-refractivity contribution in [1.82, 2.24) is 4.98 Å². The molecule has 2 aromatic carbocycles. The molecule has 3 rings (SSSR count). The summed E-state index contributed by atoms with van der Waals surface area (Å²) in [5.41, 5.74) is 2.70. The summed E-state index contributed by atoms with van der Waals surface area (Å²) in [6, 6.07) is 11.2. The van der Waals surface area contributed by atoms with E-state index in [2.05, 4.69) is 4.98 Å². The van der Waals surface area contributed by atoms with Crippen LogP contribution < -0.4 is 9.47 Å². The number of fused-ring (bicyclic) bond motifs is 1. The van der Waals surface area contributed by atoms with Gasteiger partial charge >= 0.3 is 5.69 Å². The number of nitro benzene ring substituents is 1. The highest BCUT2D eigenvalue weighted by Gasteiger charge is 2.28. The molecule has 0 unspecified atom stereocenters. The predicted octanol–water partition coefficient (Wildman–Crippen LogP) is 3.91. The van der Waals surface area contributed by atoms with Crippen molar-refractivity contribution in [1.29, 1.82) is 0 Å². The molecule has 1 heterocycles. The Bertz CT molecular complexity index is 918. The SMILES string of the molecule is COCc1[nH]c2c([N+](=O)[O-])c(OC)cc(OC)c2c1-c1ccccc1. The molecule has 0 atom stereocenters. The molecule has 25 heavy (non-hydrogen) atoms. The van der Waals surface area contributed by atoms with Gasteiger partial charge in [0.25, 0.3) is 0 Å². The third-order valence-corrected chi connectivity index (χ3v) is 4.03. The van der Waals surface area contributed by atoms with Crippen molar-refractivity contribution in [2.24, 2.45) is 0 Å². The summed E-state index contributed by atoms with van der Waals surface area (Å²) in [6.07, 6.45) is 0. The van der Waals surface area contributed by atoms with E-state index < -0.39 is 4.92 Å². The van der Waals surface area contributed by atoms with Gasteiger partial charge in [-0.2, -0.15) is 0 Å². The Morgan fingerprint density at radius 2 is 1.76 bits per heavy atom. The van der Waals surface area contributed by atoms with Crippen LogP contribution in [0.3, 0.4) is 0 Å². The number of methoxy groups -OCH3 is 3. The lowest BCUT2D eigenvalue weighted by molar-refractivity contribution is -0.384. The third-order valence-electron chi connectivity index (χ3n) is 4.03. The fourth-order valence-corrected chi connectivity index (χ4v) is 3.03. The number of benzene rings is 2. The number of nitrogens with one attached hydrogen (secondary N) is 1. The number of aromatic amines is 1. The van der Waals surface area contributed by atoms with Crippen LogP contribution in [0.15, 0.2) is 36.4 Å². The van der Waals surface area contributed by atoms with E-state index in [1.165, 1.54) is 20.3 Å². The highest BCUT2D eigenvalue weighted by atomic mass is 16.6. The Morgan fingerprint density at radius 3 is 2.32 bits per heavy atom. The van der Waals surface area contributed by atoms with Crippen LogP contribution in [0, 0.1) is 10.1 Å². The number of aromatic nitrogens is 1. The van der Waals surface area contributed by atoms with Crippen molar-refractivity contribution in [3.8, 4) is 22.6 Å². The number of H-pyrrole nitrogens is 1. The van der Waals surface area contributed by atoms with Gasteiger partial charge in [0.1, 0.15) is 11.3 Å². The van der Waals surface area contributed by atoms with E-state index in [1.807, 2.05) is 30.3 Å². The molecule has 0 fully saturated rings. The number of hydrogen-bond acceptors (Lipinski definition) is 5. The van der Waals surface area contributed by atoms with Gasteiger partial charge in [-0.25, -0.2) is 0 Å². The monoisotopic (exact) mass is 342 g/mol. The summed E-state index contributed by atoms with van der Waals surface area (Å²) in [7, 11) is 4.50. The molecule has 0 aliphatic carbocycles. The topological polar surface area (TPSA) is 86.6 Å². The maximum absolute atomic E-state index is 11.6. The average Bonchev–Trinajstić information content (AvgIpc) is 2.99. The maximum Gasteiger partial charge on any atom is 0.335 e. The van der Waals surface area contributed by atoms with Gasteiger partial charge in [-0.1, -0.05) is 30.3 Å². The van der Waals surface area contributed by atoms with Gasteiger partial charge in [0.2, 0.25) is 5.75 Å². The van der Waals surface area contributed by atoms with Crippen molar-refractivity contribution < 1.29 is 19.1 Å². The van der Waals surface area contributed by atoms with Crippen molar-refractivity contribution in [3.63, 3.8) is 0 Å². The number of ether oxygens (including phenoxy) is 3. The van der Waals surface area contributed by atoms with Gasteiger partial charge in [-0.3, -0.25) is 10.1 Å². The molecular weight excluding hydrogens is 324 g/mol. The molecule has 0 saturated carbocycles. The van der Waals surface area contributed by atoms with Gasteiger partial charge < -0.3 is 19.2 Å². The lowest BCUT2D eigenvalue weighted by atomic mass is 10.0. The first-order valence-corrected chi connectivity index (χ1v) is 7.60. The molecule has 0 amide bonds. The number of nitro groups is 1. The minimum absolute atomic E-state index is 0.127. The first-order valence-electron chi connectivity index (χ1n) is 7.60. The zero-order chi connectivity index (χ0) is 18.0. The van der Waals surface area contributed by atoms with Crippen molar-refractivity contribution >= 4 is 16.6 Å². The maximum atomic E-state index is 11.6. The molecule has 7 heteroatoms. The average molecular weight is 342 g/mol. The van der Waals surface area contributed by atoms with E-state index in [0.717, 1.165) is 16.8 Å². The van der Waals surface area contributed by atoms with Gasteiger partial charge in [0.05, 0.1) is 36.8 Å². The third kappa shape index (κ3) is 2.78. The fourth-order valence-electron chi connectivity index (χ4n) is 3.03. The van der Waals surface area contributed by atoms with Crippen molar-refractivity contribution in [2.75, 3.05) is 21.3 Å². The van der Waals surface area contributed by atoms with E-state index >= 15 is 0 Å². The van der Waals surface area contributed by atoms with Crippen LogP contribution in [-0.4, -0.2) is 31.2 Å². The van der Waals surface area contributed by atoms with E-state index in [9.17, 15) is 10.1 Å². The van der Waals surface area contributed by atoms with Crippen LogP contribution in [0.1, 0.15) is 5.69 Å². The highest BCUT2D eigenvalue weighted by molar-refractivity contribution is 6.06. The molecule has 130 valence electrons. The van der Waals surface area contributed by atoms with E-state index in [4.69, 9.17) is 14.2 Å². The molecule has 7 nitrogen and oxygen atoms in total. The smallest absolute Gasteiger partial charge is 0.335 e. The molecular formula is C18H18N2O5. The van der Waals surface area contributed by atoms with Gasteiger partial charge in [-0.05, 0) is 5.56 Å². The standard InChI is InChI=1S/C18H18N2O5/c1-23-10-12-15(11-7-5-4-6-8-11)16-13(24-2)9-14(25-3)18(20(21)22)17(16)19-12/h4-9,19H,10H2,1-3H3. The van der Waals surface area contributed by atoms with Crippen LogP contribution in [0.4, 0.5) is 5.69 Å². The Hall–Kier alpha value is -3.06. The summed E-state index contributed by atoms with van der Waals surface area (Å²) >= 11 is 0. The molecule has 3 aromatic rings. The molecule has 0 saturated heterocycles.